The summed E-state index contributed by atoms with van der Waals surface area (Å²) in [6.07, 6.45) is 3.26. The zero-order chi connectivity index (χ0) is 20.0. The molecule has 0 saturated heterocycles. The van der Waals surface area contributed by atoms with Gasteiger partial charge in [0.2, 0.25) is 5.91 Å². The van der Waals surface area contributed by atoms with Crippen molar-refractivity contribution in [1.29, 1.82) is 0 Å². The Morgan fingerprint density at radius 3 is 2.32 bits per heavy atom. The number of carbonyl (C=O) groups excluding carboxylic acids is 1. The van der Waals surface area contributed by atoms with Crippen molar-refractivity contribution in [2.75, 3.05) is 7.11 Å². The van der Waals surface area contributed by atoms with Gasteiger partial charge >= 0.3 is 0 Å². The Hall–Kier alpha value is -2.16. The number of ether oxygens (including phenoxy) is 1. The van der Waals surface area contributed by atoms with Gasteiger partial charge < -0.3 is 17.1 Å². The van der Waals surface area contributed by atoms with Crippen LogP contribution in [0.5, 0.6) is 5.75 Å². The highest BCUT2D eigenvalue weighted by Crippen LogP contribution is 2.30. The maximum absolute atomic E-state index is 13.4. The number of halogens is 1. The van der Waals surface area contributed by atoms with Crippen molar-refractivity contribution in [3.63, 3.8) is 0 Å². The van der Waals surface area contributed by atoms with Crippen LogP contribution in [0, 0.1) is 11.8 Å². The fourth-order valence-corrected chi connectivity index (χ4v) is 5.20. The highest BCUT2D eigenvalue weighted by molar-refractivity contribution is 7.92. The maximum atomic E-state index is 13.4. The van der Waals surface area contributed by atoms with Crippen LogP contribution in [0.15, 0.2) is 53.7 Å². The van der Waals surface area contributed by atoms with Crippen LogP contribution in [0.2, 0.25) is 0 Å². The van der Waals surface area contributed by atoms with Crippen molar-refractivity contribution in [3.05, 3.63) is 54.4 Å². The van der Waals surface area contributed by atoms with Gasteiger partial charge in [-0.25, -0.2) is 13.9 Å². The number of hydrogen-bond donors (Lipinski definition) is 2. The van der Waals surface area contributed by atoms with E-state index >= 15 is 0 Å². The minimum Gasteiger partial charge on any atom is -1.00 e. The van der Waals surface area contributed by atoms with E-state index < -0.39 is 26.9 Å². The molecule has 2 N–H and O–H groups in total. The summed E-state index contributed by atoms with van der Waals surface area (Å²) in [4.78, 5) is 16.4. The lowest BCUT2D eigenvalue weighted by Crippen LogP contribution is -3.00. The van der Waals surface area contributed by atoms with Crippen LogP contribution in [-0.2, 0) is 21.1 Å². The number of carbonyl (C=O) groups is 1. The van der Waals surface area contributed by atoms with Crippen LogP contribution in [0.3, 0.4) is 0 Å². The molecule has 0 bridgehead atoms. The highest BCUT2D eigenvalue weighted by atomic mass is 35.5. The summed E-state index contributed by atoms with van der Waals surface area (Å²) in [5.74, 6) is -1.45. The van der Waals surface area contributed by atoms with Gasteiger partial charge in [0.1, 0.15) is 5.75 Å². The Balaban J connectivity index is 0.00000392. The molecule has 2 atom stereocenters. The van der Waals surface area contributed by atoms with Crippen LogP contribution < -0.4 is 22.6 Å². The van der Waals surface area contributed by atoms with Gasteiger partial charge in [-0.05, 0) is 48.2 Å². The predicted molar refractivity (Wildman–Crippen MR) is 100 cm³/mol. The molecule has 2 aromatic rings. The van der Waals surface area contributed by atoms with E-state index in [0.717, 1.165) is 0 Å². The van der Waals surface area contributed by atoms with E-state index in [1.165, 1.54) is 19.2 Å². The van der Waals surface area contributed by atoms with E-state index in [2.05, 4.69) is 4.98 Å². The molecule has 1 heterocycles. The van der Waals surface area contributed by atoms with Crippen LogP contribution in [-0.4, -0.2) is 36.9 Å². The van der Waals surface area contributed by atoms with Crippen LogP contribution >= 0.6 is 0 Å². The second kappa shape index (κ2) is 10.4. The number of amides is 1. The lowest BCUT2D eigenvalue weighted by Gasteiger charge is -2.28. The van der Waals surface area contributed by atoms with E-state index in [1.807, 2.05) is 0 Å². The Morgan fingerprint density at radius 1 is 1.21 bits per heavy atom. The number of methoxy groups -OCH3 is 1. The van der Waals surface area contributed by atoms with E-state index in [4.69, 9.17) is 9.94 Å². The highest BCUT2D eigenvalue weighted by Gasteiger charge is 2.40. The number of hydrogen-bond acceptors (Lipinski definition) is 6. The molecule has 0 radical (unpaired) electrons. The number of pyridine rings is 1. The van der Waals surface area contributed by atoms with Gasteiger partial charge in [0.15, 0.2) is 9.84 Å². The minimum atomic E-state index is -3.88. The van der Waals surface area contributed by atoms with Gasteiger partial charge in [0, 0.05) is 12.4 Å². The molecule has 9 heteroatoms. The molecule has 0 aliphatic carbocycles. The third kappa shape index (κ3) is 5.43. The molecule has 1 amide bonds. The average Bonchev–Trinajstić information content (AvgIpc) is 2.67. The molecular weight excluding hydrogens is 404 g/mol. The summed E-state index contributed by atoms with van der Waals surface area (Å²) in [7, 11) is -2.38. The number of nitrogens with zero attached hydrogens (tertiary/aromatic N) is 1. The quantitative estimate of drug-likeness (QED) is 0.424. The molecule has 1 aromatic heterocycles. The predicted octanol–water partition coefficient (Wildman–Crippen LogP) is -0.743. The number of nitrogens with one attached hydrogen (secondary N) is 1. The molecule has 28 heavy (non-hydrogen) atoms. The minimum absolute atomic E-state index is 0. The SMILES string of the molecule is COc1ccc(S(=O)(=O)C(Cc2cccnc2)[C@@H](C(=O)NO)C(C)C)cc1.[Cl-]. The number of rotatable bonds is 8. The van der Waals surface area contributed by atoms with Gasteiger partial charge in [-0.1, -0.05) is 19.9 Å². The second-order valence-electron chi connectivity index (χ2n) is 6.57. The second-order valence-corrected chi connectivity index (χ2v) is 8.74. The molecule has 0 saturated carbocycles. The van der Waals surface area contributed by atoms with Gasteiger partial charge in [-0.2, -0.15) is 0 Å². The van der Waals surface area contributed by atoms with Crippen molar-refractivity contribution < 1.29 is 35.6 Å². The summed E-state index contributed by atoms with van der Waals surface area (Å²) < 4.78 is 31.8. The summed E-state index contributed by atoms with van der Waals surface area (Å²) >= 11 is 0. The van der Waals surface area contributed by atoms with Crippen molar-refractivity contribution in [3.8, 4) is 5.75 Å². The molecule has 1 unspecified atom stereocenters. The Kier molecular flexibility index (Phi) is 8.87. The molecule has 0 aliphatic heterocycles. The number of aromatic nitrogens is 1. The van der Waals surface area contributed by atoms with E-state index in [1.54, 1.807) is 56.0 Å². The first-order valence-electron chi connectivity index (χ1n) is 8.52. The topological polar surface area (TPSA) is 106 Å². The van der Waals surface area contributed by atoms with Crippen LogP contribution in [0.1, 0.15) is 19.4 Å². The normalized spacial score (nSPS) is 13.3. The van der Waals surface area contributed by atoms with Crippen molar-refractivity contribution >= 4 is 15.7 Å². The summed E-state index contributed by atoms with van der Waals surface area (Å²) in [6, 6.07) is 9.51. The molecule has 2 rings (SSSR count). The van der Waals surface area contributed by atoms with Crippen LogP contribution in [0.4, 0.5) is 0 Å². The van der Waals surface area contributed by atoms with E-state index in [9.17, 15) is 13.2 Å². The van der Waals surface area contributed by atoms with Crippen molar-refractivity contribution in [1.82, 2.24) is 10.5 Å². The van der Waals surface area contributed by atoms with Gasteiger partial charge in [-0.3, -0.25) is 15.0 Å². The summed E-state index contributed by atoms with van der Waals surface area (Å²) in [5, 5.41) is 8.08. The lowest BCUT2D eigenvalue weighted by molar-refractivity contribution is -0.134. The Labute approximate surface area is 171 Å². The monoisotopic (exact) mass is 427 g/mol. The fraction of sp³-hybridized carbons (Fsp3) is 0.368. The zero-order valence-electron chi connectivity index (χ0n) is 15.9. The molecule has 0 fully saturated rings. The van der Waals surface area contributed by atoms with Crippen molar-refractivity contribution in [2.24, 2.45) is 11.8 Å². The third-order valence-corrected chi connectivity index (χ3v) is 6.66. The number of sulfone groups is 1. The van der Waals surface area contributed by atoms with Crippen molar-refractivity contribution in [2.45, 2.75) is 30.4 Å². The molecule has 1 aromatic carbocycles. The summed E-state index contributed by atoms with van der Waals surface area (Å²) in [6.45, 7) is 3.50. The van der Waals surface area contributed by atoms with Gasteiger partial charge in [0.25, 0.3) is 0 Å². The van der Waals surface area contributed by atoms with E-state index in [-0.39, 0.29) is 29.6 Å². The maximum Gasteiger partial charge on any atom is 0.248 e. The first kappa shape index (κ1) is 23.9. The van der Waals surface area contributed by atoms with Gasteiger partial charge in [0.05, 0.1) is 23.2 Å². The average molecular weight is 428 g/mol. The summed E-state index contributed by atoms with van der Waals surface area (Å²) in [5.41, 5.74) is 2.31. The first-order valence-corrected chi connectivity index (χ1v) is 10.1. The Bertz CT molecular complexity index is 858. The Morgan fingerprint density at radius 2 is 1.86 bits per heavy atom. The lowest BCUT2D eigenvalue weighted by atomic mass is 9.88. The smallest absolute Gasteiger partial charge is 0.248 e. The fourth-order valence-electron chi connectivity index (χ4n) is 3.10. The van der Waals surface area contributed by atoms with Crippen LogP contribution in [0.25, 0.3) is 0 Å². The largest absolute Gasteiger partial charge is 1.00 e. The molecule has 7 nitrogen and oxygen atoms in total. The zero-order valence-corrected chi connectivity index (χ0v) is 17.4. The number of hydroxylamine groups is 1. The molecule has 154 valence electrons. The van der Waals surface area contributed by atoms with Gasteiger partial charge in [-0.15, -0.1) is 0 Å². The molecule has 0 spiro atoms. The standard InChI is InChI=1S/C19H24N2O5S.ClH/c1-13(2)18(19(22)21-23)17(11-14-5-4-10-20-12-14)27(24,25)16-8-6-15(26-3)7-9-16;/h4-10,12-13,17-18,23H,11H2,1-3H3,(H,21,22);1H/p-1/t17?,18-;/m0./s1. The third-order valence-electron chi connectivity index (χ3n) is 4.48. The number of benzene rings is 1. The first-order chi connectivity index (χ1) is 12.8. The van der Waals surface area contributed by atoms with E-state index in [0.29, 0.717) is 11.3 Å². The molecular formula is C19H24ClN2O5S-. The molecule has 0 aliphatic rings.